The fraction of sp³-hybridized carbons (Fsp3) is 0.500. The number of carboxylic acids is 1. The van der Waals surface area contributed by atoms with E-state index in [1.165, 1.54) is 12.1 Å². The maximum atomic E-state index is 11.4. The summed E-state index contributed by atoms with van der Waals surface area (Å²) in [6, 6.07) is 2.52. The molecule has 0 aliphatic heterocycles. The highest BCUT2D eigenvalue weighted by Gasteiger charge is 2.10. The average molecular weight is 270 g/mol. The second-order valence-electron chi connectivity index (χ2n) is 4.20. The van der Waals surface area contributed by atoms with Gasteiger partial charge in [-0.15, -0.1) is 0 Å². The lowest BCUT2D eigenvalue weighted by Crippen LogP contribution is -2.38. The van der Waals surface area contributed by atoms with Crippen LogP contribution < -0.4 is 10.6 Å². The van der Waals surface area contributed by atoms with Gasteiger partial charge >= 0.3 is 12.0 Å². The van der Waals surface area contributed by atoms with Crippen molar-refractivity contribution in [1.29, 1.82) is 0 Å². The molecule has 1 atom stereocenters. The minimum atomic E-state index is -1.14. The van der Waals surface area contributed by atoms with Crippen LogP contribution in [0.3, 0.4) is 0 Å². The third kappa shape index (κ3) is 5.43. The summed E-state index contributed by atoms with van der Waals surface area (Å²) in [7, 11) is 1.60. The second kappa shape index (κ2) is 7.42. The molecular weight excluding hydrogens is 252 g/mol. The molecule has 0 aliphatic rings. The summed E-state index contributed by atoms with van der Waals surface area (Å²) in [5.74, 6) is -0.675. The van der Waals surface area contributed by atoms with Gasteiger partial charge in [0.2, 0.25) is 5.76 Å². The first-order valence-corrected chi connectivity index (χ1v) is 5.85. The smallest absolute Gasteiger partial charge is 0.371 e. The Bertz CT molecular complexity index is 430. The molecule has 3 N–H and O–H groups in total. The Labute approximate surface area is 110 Å². The van der Waals surface area contributed by atoms with Gasteiger partial charge in [0.25, 0.3) is 0 Å². The summed E-state index contributed by atoms with van der Waals surface area (Å²) in [5, 5.41) is 13.9. The number of aromatic carboxylic acids is 1. The fourth-order valence-electron chi connectivity index (χ4n) is 1.43. The van der Waals surface area contributed by atoms with Gasteiger partial charge in [-0.25, -0.2) is 9.59 Å². The molecule has 0 aliphatic carbocycles. The fourth-order valence-corrected chi connectivity index (χ4v) is 1.43. The molecule has 0 spiro atoms. The molecule has 19 heavy (non-hydrogen) atoms. The van der Waals surface area contributed by atoms with Crippen LogP contribution in [-0.4, -0.2) is 37.4 Å². The summed E-state index contributed by atoms with van der Waals surface area (Å²) in [5.41, 5.74) is 0. The molecule has 1 aromatic heterocycles. The number of nitrogens with one attached hydrogen (secondary N) is 2. The summed E-state index contributed by atoms with van der Waals surface area (Å²) >= 11 is 0. The summed E-state index contributed by atoms with van der Waals surface area (Å²) in [4.78, 5) is 22.0. The molecule has 106 valence electrons. The Kier molecular flexibility index (Phi) is 5.87. The molecule has 7 nitrogen and oxygen atoms in total. The zero-order valence-electron chi connectivity index (χ0n) is 10.9. The van der Waals surface area contributed by atoms with Gasteiger partial charge in [-0.2, -0.15) is 0 Å². The number of urea groups is 1. The topological polar surface area (TPSA) is 101 Å². The predicted molar refractivity (Wildman–Crippen MR) is 66.9 cm³/mol. The molecule has 0 aromatic carbocycles. The highest BCUT2D eigenvalue weighted by atomic mass is 16.5. The molecule has 0 bridgehead atoms. The minimum absolute atomic E-state index is 0.137. The van der Waals surface area contributed by atoms with E-state index >= 15 is 0 Å². The van der Waals surface area contributed by atoms with Crippen LogP contribution in [0.1, 0.15) is 23.2 Å². The van der Waals surface area contributed by atoms with Crippen molar-refractivity contribution in [1.82, 2.24) is 10.6 Å². The number of hydrogen-bond donors (Lipinski definition) is 3. The van der Waals surface area contributed by atoms with Crippen LogP contribution in [0.25, 0.3) is 0 Å². The number of carbonyl (C=O) groups excluding carboxylic acids is 1. The van der Waals surface area contributed by atoms with Crippen LogP contribution >= 0.6 is 0 Å². The van der Waals surface area contributed by atoms with Crippen LogP contribution in [0, 0.1) is 5.92 Å². The molecule has 1 unspecified atom stereocenters. The predicted octanol–water partition coefficient (Wildman–Crippen LogP) is 1.06. The molecule has 1 aromatic rings. The van der Waals surface area contributed by atoms with Gasteiger partial charge in [0.05, 0.1) is 13.2 Å². The average Bonchev–Trinajstić information content (AvgIpc) is 2.83. The first kappa shape index (κ1) is 15.0. The van der Waals surface area contributed by atoms with E-state index in [-0.39, 0.29) is 24.3 Å². The van der Waals surface area contributed by atoms with Crippen molar-refractivity contribution in [3.8, 4) is 0 Å². The Balaban J connectivity index is 2.27. The summed E-state index contributed by atoms with van der Waals surface area (Å²) in [6.07, 6.45) is 0. The van der Waals surface area contributed by atoms with Crippen molar-refractivity contribution >= 4 is 12.0 Å². The van der Waals surface area contributed by atoms with Gasteiger partial charge in [-0.05, 0) is 18.1 Å². The first-order valence-electron chi connectivity index (χ1n) is 5.85. The number of furan rings is 1. The number of hydrogen-bond acceptors (Lipinski definition) is 4. The van der Waals surface area contributed by atoms with Gasteiger partial charge in [0, 0.05) is 13.7 Å². The molecule has 0 fully saturated rings. The van der Waals surface area contributed by atoms with Gasteiger partial charge in [0.15, 0.2) is 0 Å². The molecule has 7 heteroatoms. The van der Waals surface area contributed by atoms with E-state index in [0.29, 0.717) is 18.9 Å². The highest BCUT2D eigenvalue weighted by molar-refractivity contribution is 5.84. The minimum Gasteiger partial charge on any atom is -0.475 e. The molecule has 1 rings (SSSR count). The van der Waals surface area contributed by atoms with Crippen LogP contribution in [0.5, 0.6) is 0 Å². The molecule has 2 amide bonds. The largest absolute Gasteiger partial charge is 0.475 e. The van der Waals surface area contributed by atoms with Crippen molar-refractivity contribution in [2.24, 2.45) is 5.92 Å². The number of carbonyl (C=O) groups is 2. The Morgan fingerprint density at radius 1 is 1.42 bits per heavy atom. The van der Waals surface area contributed by atoms with Gasteiger partial charge in [-0.3, -0.25) is 0 Å². The quantitative estimate of drug-likeness (QED) is 0.687. The van der Waals surface area contributed by atoms with Gasteiger partial charge in [-0.1, -0.05) is 6.92 Å². The third-order valence-electron chi connectivity index (χ3n) is 2.36. The lowest BCUT2D eigenvalue weighted by atomic mass is 10.2. The maximum absolute atomic E-state index is 11.4. The van der Waals surface area contributed by atoms with E-state index in [1.54, 1.807) is 7.11 Å². The van der Waals surface area contributed by atoms with E-state index in [1.807, 2.05) is 6.92 Å². The summed E-state index contributed by atoms with van der Waals surface area (Å²) in [6.45, 7) is 3.16. The normalized spacial score (nSPS) is 11.9. The highest BCUT2D eigenvalue weighted by Crippen LogP contribution is 2.07. The number of amides is 2. The third-order valence-corrected chi connectivity index (χ3v) is 2.36. The van der Waals surface area contributed by atoms with Crippen molar-refractivity contribution in [3.63, 3.8) is 0 Å². The standard InChI is InChI=1S/C12H18N2O5/c1-8(7-18-2)5-13-12(17)14-6-9-3-4-10(19-9)11(15)16/h3-4,8H,5-7H2,1-2H3,(H,15,16)(H2,13,14,17). The molecule has 0 saturated carbocycles. The van der Waals surface area contributed by atoms with Gasteiger partial charge < -0.3 is 24.9 Å². The van der Waals surface area contributed by atoms with Crippen LogP contribution in [-0.2, 0) is 11.3 Å². The van der Waals surface area contributed by atoms with Crippen LogP contribution in [0.2, 0.25) is 0 Å². The first-order chi connectivity index (χ1) is 9.02. The number of ether oxygens (including phenoxy) is 1. The van der Waals surface area contributed by atoms with E-state index in [2.05, 4.69) is 10.6 Å². The van der Waals surface area contributed by atoms with Crippen molar-refractivity contribution in [3.05, 3.63) is 23.7 Å². The second-order valence-corrected chi connectivity index (χ2v) is 4.20. The summed E-state index contributed by atoms with van der Waals surface area (Å²) < 4.78 is 9.95. The van der Waals surface area contributed by atoms with Crippen molar-refractivity contribution < 1.29 is 23.8 Å². The number of methoxy groups -OCH3 is 1. The zero-order valence-corrected chi connectivity index (χ0v) is 10.9. The Morgan fingerprint density at radius 3 is 2.74 bits per heavy atom. The van der Waals surface area contributed by atoms with E-state index < -0.39 is 5.97 Å². The molecule has 0 saturated heterocycles. The SMILES string of the molecule is COCC(C)CNC(=O)NCc1ccc(C(=O)O)o1. The maximum Gasteiger partial charge on any atom is 0.371 e. The van der Waals surface area contributed by atoms with E-state index in [0.717, 1.165) is 0 Å². The lowest BCUT2D eigenvalue weighted by molar-refractivity contribution is 0.0660. The Hall–Kier alpha value is -2.02. The molecular formula is C12H18N2O5. The van der Waals surface area contributed by atoms with E-state index in [4.69, 9.17) is 14.3 Å². The number of rotatable bonds is 7. The molecule has 1 heterocycles. The van der Waals surface area contributed by atoms with Crippen molar-refractivity contribution in [2.45, 2.75) is 13.5 Å². The zero-order chi connectivity index (χ0) is 14.3. The van der Waals surface area contributed by atoms with E-state index in [9.17, 15) is 9.59 Å². The number of carboxylic acid groups (broad SMARTS) is 1. The van der Waals surface area contributed by atoms with Crippen LogP contribution in [0.4, 0.5) is 4.79 Å². The van der Waals surface area contributed by atoms with Crippen LogP contribution in [0.15, 0.2) is 16.5 Å². The van der Waals surface area contributed by atoms with Gasteiger partial charge in [0.1, 0.15) is 5.76 Å². The van der Waals surface area contributed by atoms with Crippen molar-refractivity contribution in [2.75, 3.05) is 20.3 Å². The lowest BCUT2D eigenvalue weighted by Gasteiger charge is -2.11. The Morgan fingerprint density at radius 2 is 2.16 bits per heavy atom. The molecule has 0 radical (unpaired) electrons. The monoisotopic (exact) mass is 270 g/mol.